The van der Waals surface area contributed by atoms with Crippen molar-refractivity contribution < 1.29 is 9.53 Å². The molecule has 0 fully saturated rings. The van der Waals surface area contributed by atoms with Crippen molar-refractivity contribution in [2.45, 2.75) is 0 Å². The van der Waals surface area contributed by atoms with Crippen molar-refractivity contribution >= 4 is 34.3 Å². The number of rotatable bonds is 6. The van der Waals surface area contributed by atoms with Crippen LogP contribution in [0.4, 0.5) is 17.1 Å². The molecule has 0 unspecified atom stereocenters. The number of pyridine rings is 1. The van der Waals surface area contributed by atoms with Crippen molar-refractivity contribution in [3.8, 4) is 16.9 Å². The standard InChI is InChI=1S/C23H19N3O2S/c1-28-21-9-7-18(8-10-21)25-20-13-17(14-24-15-20)16-4-2-5-19(12-16)26-23(27)22-6-3-11-29-22/h2-15,25H,1H3,(H,26,27). The molecule has 5 nitrogen and oxygen atoms in total. The number of nitrogens with zero attached hydrogens (tertiary/aromatic N) is 1. The van der Waals surface area contributed by atoms with E-state index in [-0.39, 0.29) is 5.91 Å². The van der Waals surface area contributed by atoms with Gasteiger partial charge in [-0.2, -0.15) is 0 Å². The van der Waals surface area contributed by atoms with Gasteiger partial charge in [-0.15, -0.1) is 11.3 Å². The Balaban J connectivity index is 1.52. The van der Waals surface area contributed by atoms with Crippen molar-refractivity contribution in [3.05, 3.63) is 89.4 Å². The average molecular weight is 401 g/mol. The third-order valence-electron chi connectivity index (χ3n) is 4.32. The van der Waals surface area contributed by atoms with Gasteiger partial charge in [0.2, 0.25) is 0 Å². The lowest BCUT2D eigenvalue weighted by Crippen LogP contribution is -2.09. The van der Waals surface area contributed by atoms with Crippen molar-refractivity contribution in [3.63, 3.8) is 0 Å². The molecule has 1 amide bonds. The molecule has 0 spiro atoms. The zero-order chi connectivity index (χ0) is 20.1. The Hall–Kier alpha value is -3.64. The van der Waals surface area contributed by atoms with E-state index in [0.29, 0.717) is 4.88 Å². The van der Waals surface area contributed by atoms with E-state index in [1.165, 1.54) is 11.3 Å². The summed E-state index contributed by atoms with van der Waals surface area (Å²) in [4.78, 5) is 17.3. The Morgan fingerprint density at radius 1 is 0.897 bits per heavy atom. The fourth-order valence-electron chi connectivity index (χ4n) is 2.88. The van der Waals surface area contributed by atoms with E-state index >= 15 is 0 Å². The van der Waals surface area contributed by atoms with Gasteiger partial charge < -0.3 is 15.4 Å². The number of benzene rings is 2. The fraction of sp³-hybridized carbons (Fsp3) is 0.0435. The first kappa shape index (κ1) is 18.7. The normalized spacial score (nSPS) is 10.4. The van der Waals surface area contributed by atoms with E-state index in [0.717, 1.165) is 33.9 Å². The summed E-state index contributed by atoms with van der Waals surface area (Å²) in [6.45, 7) is 0. The van der Waals surface area contributed by atoms with Gasteiger partial charge in [0.05, 0.1) is 23.9 Å². The molecule has 29 heavy (non-hydrogen) atoms. The fourth-order valence-corrected chi connectivity index (χ4v) is 3.50. The largest absolute Gasteiger partial charge is 0.497 e. The number of carbonyl (C=O) groups is 1. The Labute approximate surface area is 173 Å². The molecule has 2 aromatic heterocycles. The monoisotopic (exact) mass is 401 g/mol. The quantitative estimate of drug-likeness (QED) is 0.428. The highest BCUT2D eigenvalue weighted by Crippen LogP contribution is 2.26. The maximum atomic E-state index is 12.3. The van der Waals surface area contributed by atoms with Crippen molar-refractivity contribution in [2.75, 3.05) is 17.7 Å². The van der Waals surface area contributed by atoms with E-state index in [2.05, 4.69) is 15.6 Å². The van der Waals surface area contributed by atoms with E-state index in [9.17, 15) is 4.79 Å². The van der Waals surface area contributed by atoms with Crippen LogP contribution in [-0.2, 0) is 0 Å². The zero-order valence-electron chi connectivity index (χ0n) is 15.8. The lowest BCUT2D eigenvalue weighted by atomic mass is 10.1. The minimum Gasteiger partial charge on any atom is -0.497 e. The van der Waals surface area contributed by atoms with Crippen molar-refractivity contribution in [1.82, 2.24) is 4.98 Å². The van der Waals surface area contributed by atoms with E-state index in [1.807, 2.05) is 72.1 Å². The number of methoxy groups -OCH3 is 1. The number of hydrogen-bond acceptors (Lipinski definition) is 5. The number of amides is 1. The number of carbonyl (C=O) groups excluding carboxylic acids is 1. The van der Waals surface area contributed by atoms with Crippen LogP contribution in [0.2, 0.25) is 0 Å². The minimum absolute atomic E-state index is 0.106. The van der Waals surface area contributed by atoms with Gasteiger partial charge in [0.25, 0.3) is 5.91 Å². The van der Waals surface area contributed by atoms with Gasteiger partial charge in [0.1, 0.15) is 5.75 Å². The van der Waals surface area contributed by atoms with Crippen LogP contribution in [-0.4, -0.2) is 18.0 Å². The number of thiophene rings is 1. The molecule has 0 atom stereocenters. The molecular weight excluding hydrogens is 382 g/mol. The number of anilines is 3. The summed E-state index contributed by atoms with van der Waals surface area (Å²) in [6.07, 6.45) is 3.58. The highest BCUT2D eigenvalue weighted by Gasteiger charge is 2.08. The second-order valence-corrected chi connectivity index (χ2v) is 7.28. The summed E-state index contributed by atoms with van der Waals surface area (Å²) in [6, 6.07) is 21.1. The maximum absolute atomic E-state index is 12.3. The summed E-state index contributed by atoms with van der Waals surface area (Å²) in [5.41, 5.74) is 4.49. The summed E-state index contributed by atoms with van der Waals surface area (Å²) >= 11 is 1.42. The Morgan fingerprint density at radius 3 is 2.48 bits per heavy atom. The predicted molar refractivity (Wildman–Crippen MR) is 118 cm³/mol. The zero-order valence-corrected chi connectivity index (χ0v) is 16.6. The highest BCUT2D eigenvalue weighted by molar-refractivity contribution is 7.12. The summed E-state index contributed by atoms with van der Waals surface area (Å²) in [5.74, 6) is 0.703. The van der Waals surface area contributed by atoms with Crippen LogP contribution in [0.25, 0.3) is 11.1 Å². The SMILES string of the molecule is COc1ccc(Nc2cncc(-c3cccc(NC(=O)c4cccs4)c3)c2)cc1. The van der Waals surface area contributed by atoms with Crippen LogP contribution in [0, 0.1) is 0 Å². The first-order chi connectivity index (χ1) is 14.2. The van der Waals surface area contributed by atoms with Crippen LogP contribution >= 0.6 is 11.3 Å². The topological polar surface area (TPSA) is 63.2 Å². The number of ether oxygens (including phenoxy) is 1. The van der Waals surface area contributed by atoms with Crippen molar-refractivity contribution in [1.29, 1.82) is 0 Å². The summed E-state index contributed by atoms with van der Waals surface area (Å²) in [7, 11) is 1.65. The maximum Gasteiger partial charge on any atom is 0.265 e. The molecule has 144 valence electrons. The third kappa shape index (κ3) is 4.62. The van der Waals surface area contributed by atoms with Gasteiger partial charge in [-0.1, -0.05) is 18.2 Å². The van der Waals surface area contributed by atoms with Gasteiger partial charge in [0.15, 0.2) is 0 Å². The van der Waals surface area contributed by atoms with Crippen LogP contribution < -0.4 is 15.4 Å². The number of hydrogen-bond donors (Lipinski definition) is 2. The lowest BCUT2D eigenvalue weighted by Gasteiger charge is -2.10. The summed E-state index contributed by atoms with van der Waals surface area (Å²) in [5, 5.41) is 8.17. The Kier molecular flexibility index (Phi) is 5.54. The average Bonchev–Trinajstić information content (AvgIpc) is 3.30. The first-order valence-electron chi connectivity index (χ1n) is 9.03. The molecule has 0 bridgehead atoms. The van der Waals surface area contributed by atoms with E-state index in [1.54, 1.807) is 19.5 Å². The van der Waals surface area contributed by atoms with E-state index < -0.39 is 0 Å². The molecule has 2 heterocycles. The van der Waals surface area contributed by atoms with Crippen molar-refractivity contribution in [2.24, 2.45) is 0 Å². The second-order valence-electron chi connectivity index (χ2n) is 6.33. The Morgan fingerprint density at radius 2 is 1.72 bits per heavy atom. The van der Waals surface area contributed by atoms with Gasteiger partial charge >= 0.3 is 0 Å². The molecule has 2 aromatic carbocycles. The number of nitrogens with one attached hydrogen (secondary N) is 2. The molecule has 0 aliphatic heterocycles. The van der Waals surface area contributed by atoms with Crippen LogP contribution in [0.1, 0.15) is 9.67 Å². The molecular formula is C23H19N3O2S. The van der Waals surface area contributed by atoms with Gasteiger partial charge in [-0.25, -0.2) is 0 Å². The van der Waals surface area contributed by atoms with Crippen LogP contribution in [0.5, 0.6) is 5.75 Å². The Bertz CT molecular complexity index is 1110. The number of aromatic nitrogens is 1. The summed E-state index contributed by atoms with van der Waals surface area (Å²) < 4.78 is 5.19. The molecule has 0 aliphatic rings. The molecule has 0 aliphatic carbocycles. The van der Waals surface area contributed by atoms with E-state index in [4.69, 9.17) is 4.74 Å². The van der Waals surface area contributed by atoms with Gasteiger partial charge in [-0.3, -0.25) is 9.78 Å². The predicted octanol–water partition coefficient (Wildman–Crippen LogP) is 5.81. The minimum atomic E-state index is -0.106. The lowest BCUT2D eigenvalue weighted by molar-refractivity contribution is 0.103. The second kappa shape index (κ2) is 8.58. The molecule has 0 radical (unpaired) electrons. The molecule has 0 saturated heterocycles. The molecule has 4 rings (SSSR count). The highest BCUT2D eigenvalue weighted by atomic mass is 32.1. The van der Waals surface area contributed by atoms with Gasteiger partial charge in [-0.05, 0) is 59.5 Å². The molecule has 6 heteroatoms. The van der Waals surface area contributed by atoms with Gasteiger partial charge in [0, 0.05) is 23.1 Å². The molecule has 4 aromatic rings. The smallest absolute Gasteiger partial charge is 0.265 e. The molecule has 2 N–H and O–H groups in total. The van der Waals surface area contributed by atoms with Crippen LogP contribution in [0.3, 0.4) is 0 Å². The first-order valence-corrected chi connectivity index (χ1v) is 9.91. The third-order valence-corrected chi connectivity index (χ3v) is 5.18. The molecule has 0 saturated carbocycles. The van der Waals surface area contributed by atoms with Crippen LogP contribution in [0.15, 0.2) is 84.5 Å².